The number of fused-ring (bicyclic) bond motifs is 1. The van der Waals surface area contributed by atoms with Gasteiger partial charge in [-0.1, -0.05) is 45.0 Å². The van der Waals surface area contributed by atoms with Crippen molar-refractivity contribution >= 4 is 22.6 Å². The number of nitrogens with one attached hydrogen (secondary N) is 1. The smallest absolute Gasteiger partial charge is 0.262 e. The number of aromatic nitrogens is 3. The first-order chi connectivity index (χ1) is 15.9. The molecule has 0 radical (unpaired) electrons. The summed E-state index contributed by atoms with van der Waals surface area (Å²) in [6.45, 7) is 10.3. The fraction of sp³-hybridized carbons (Fsp3) is 0.296. The summed E-state index contributed by atoms with van der Waals surface area (Å²) in [5.74, 6) is 0.618. The highest BCUT2D eigenvalue weighted by molar-refractivity contribution is 5.92. The average Bonchev–Trinajstić information content (AvgIpc) is 3.15. The van der Waals surface area contributed by atoms with E-state index in [1.807, 2.05) is 61.0 Å². The van der Waals surface area contributed by atoms with Crippen molar-refractivity contribution in [1.82, 2.24) is 14.8 Å². The van der Waals surface area contributed by atoms with Gasteiger partial charge in [0.2, 0.25) is 5.88 Å². The minimum absolute atomic E-state index is 0.123. The summed E-state index contributed by atoms with van der Waals surface area (Å²) in [5.41, 5.74) is 6.82. The Balaban J connectivity index is 1.52. The van der Waals surface area contributed by atoms with E-state index in [0.717, 1.165) is 40.1 Å². The monoisotopic (exact) mass is 442 g/mol. The first-order valence-corrected chi connectivity index (χ1v) is 11.3. The van der Waals surface area contributed by atoms with E-state index in [0.29, 0.717) is 11.8 Å². The van der Waals surface area contributed by atoms with E-state index in [9.17, 15) is 4.79 Å². The number of benzene rings is 2. The molecule has 4 aromatic rings. The van der Waals surface area contributed by atoms with Crippen LogP contribution in [0, 0.1) is 13.8 Å². The lowest BCUT2D eigenvalue weighted by molar-refractivity contribution is -0.118. The lowest BCUT2D eigenvalue weighted by atomic mass is 10.0. The second-order valence-electron chi connectivity index (χ2n) is 8.61. The Bertz CT molecular complexity index is 1270. The quantitative estimate of drug-likeness (QED) is 0.396. The van der Waals surface area contributed by atoms with Crippen LogP contribution in [0.5, 0.6) is 5.88 Å². The number of hydrogen-bond donors (Lipinski definition) is 1. The van der Waals surface area contributed by atoms with Crippen LogP contribution in [0.1, 0.15) is 49.1 Å². The third-order valence-electron chi connectivity index (χ3n) is 5.79. The van der Waals surface area contributed by atoms with Gasteiger partial charge in [0.1, 0.15) is 0 Å². The van der Waals surface area contributed by atoms with Gasteiger partial charge in [-0.15, -0.1) is 0 Å². The van der Waals surface area contributed by atoms with Crippen LogP contribution in [0.4, 0.5) is 5.69 Å². The zero-order valence-electron chi connectivity index (χ0n) is 19.8. The van der Waals surface area contributed by atoms with Crippen molar-refractivity contribution in [3.05, 3.63) is 77.0 Å². The number of aryl methyl sites for hydroxylation is 3. The second kappa shape index (κ2) is 9.45. The molecule has 0 aliphatic carbocycles. The van der Waals surface area contributed by atoms with Crippen molar-refractivity contribution < 1.29 is 9.53 Å². The fourth-order valence-electron chi connectivity index (χ4n) is 3.89. The van der Waals surface area contributed by atoms with Gasteiger partial charge in [-0.25, -0.2) is 4.68 Å². The van der Waals surface area contributed by atoms with E-state index >= 15 is 0 Å². The molecule has 1 N–H and O–H groups in total. The molecule has 0 unspecified atom stereocenters. The molecular formula is C27H30N4O2. The van der Waals surface area contributed by atoms with Gasteiger partial charge in [0.15, 0.2) is 12.3 Å². The number of hydrogen-bond acceptors (Lipinski definition) is 4. The number of anilines is 1. The third kappa shape index (κ3) is 4.90. The van der Waals surface area contributed by atoms with Gasteiger partial charge in [-0.05, 0) is 67.1 Å². The topological polar surface area (TPSA) is 69.0 Å². The minimum atomic E-state index is -0.230. The van der Waals surface area contributed by atoms with E-state index in [1.54, 1.807) is 0 Å². The molecule has 1 amide bonds. The second-order valence-corrected chi connectivity index (χ2v) is 8.61. The maximum Gasteiger partial charge on any atom is 0.262 e. The summed E-state index contributed by atoms with van der Waals surface area (Å²) in [5, 5.41) is 8.58. The van der Waals surface area contributed by atoms with Crippen LogP contribution in [-0.2, 0) is 11.2 Å². The molecular weight excluding hydrogens is 412 g/mol. The van der Waals surface area contributed by atoms with Crippen LogP contribution in [0.15, 0.2) is 54.6 Å². The minimum Gasteiger partial charge on any atom is -0.467 e. The first kappa shape index (κ1) is 22.5. The summed E-state index contributed by atoms with van der Waals surface area (Å²) < 4.78 is 7.60. The molecule has 6 heteroatoms. The van der Waals surface area contributed by atoms with Crippen molar-refractivity contribution in [3.63, 3.8) is 0 Å². The number of ether oxygens (including phenoxy) is 1. The molecule has 2 aromatic heterocycles. The summed E-state index contributed by atoms with van der Waals surface area (Å²) in [6.07, 6.45) is 0.985. The SMILES string of the molecule is CCc1ccc(-n2nc(C)c3c(C)cc(OCC(=O)Nc4ccc(C(C)C)cc4)nc32)cc1. The van der Waals surface area contributed by atoms with Gasteiger partial charge >= 0.3 is 0 Å². The number of rotatable bonds is 7. The van der Waals surface area contributed by atoms with Crippen molar-refractivity contribution in [3.8, 4) is 11.6 Å². The number of nitrogens with zero attached hydrogens (tertiary/aromatic N) is 3. The number of amides is 1. The Morgan fingerprint density at radius 2 is 1.76 bits per heavy atom. The molecule has 0 aliphatic heterocycles. The molecule has 0 aliphatic rings. The molecule has 2 heterocycles. The number of pyridine rings is 1. The van der Waals surface area contributed by atoms with Crippen molar-refractivity contribution in [2.24, 2.45) is 0 Å². The molecule has 0 bridgehead atoms. The average molecular weight is 443 g/mol. The molecule has 4 rings (SSSR count). The van der Waals surface area contributed by atoms with E-state index in [2.05, 4.69) is 43.2 Å². The van der Waals surface area contributed by atoms with E-state index in [1.165, 1.54) is 11.1 Å². The lowest BCUT2D eigenvalue weighted by Gasteiger charge is -2.10. The maximum absolute atomic E-state index is 12.4. The van der Waals surface area contributed by atoms with E-state index in [4.69, 9.17) is 9.84 Å². The summed E-state index contributed by atoms with van der Waals surface area (Å²) in [7, 11) is 0. The van der Waals surface area contributed by atoms with Gasteiger partial charge in [-0.2, -0.15) is 10.1 Å². The van der Waals surface area contributed by atoms with Gasteiger partial charge < -0.3 is 10.1 Å². The summed E-state index contributed by atoms with van der Waals surface area (Å²) in [4.78, 5) is 17.1. The van der Waals surface area contributed by atoms with Gasteiger partial charge in [0, 0.05) is 17.1 Å². The molecule has 0 saturated heterocycles. The van der Waals surface area contributed by atoms with Gasteiger partial charge in [0.05, 0.1) is 11.4 Å². The summed E-state index contributed by atoms with van der Waals surface area (Å²) in [6, 6.07) is 18.0. The van der Waals surface area contributed by atoms with Crippen LogP contribution in [0.25, 0.3) is 16.7 Å². The van der Waals surface area contributed by atoms with Crippen LogP contribution in [-0.4, -0.2) is 27.3 Å². The number of carbonyl (C=O) groups is 1. The van der Waals surface area contributed by atoms with E-state index < -0.39 is 0 Å². The van der Waals surface area contributed by atoms with Gasteiger partial charge in [-0.3, -0.25) is 4.79 Å². The van der Waals surface area contributed by atoms with Crippen LogP contribution < -0.4 is 10.1 Å². The predicted octanol–water partition coefficient (Wildman–Crippen LogP) is 5.74. The molecule has 2 aromatic carbocycles. The third-order valence-corrected chi connectivity index (χ3v) is 5.79. The Kier molecular flexibility index (Phi) is 6.45. The van der Waals surface area contributed by atoms with Gasteiger partial charge in [0.25, 0.3) is 5.91 Å². The largest absolute Gasteiger partial charge is 0.467 e. The normalized spacial score (nSPS) is 11.2. The highest BCUT2D eigenvalue weighted by Gasteiger charge is 2.15. The van der Waals surface area contributed by atoms with Crippen molar-refractivity contribution in [2.75, 3.05) is 11.9 Å². The molecule has 6 nitrogen and oxygen atoms in total. The van der Waals surface area contributed by atoms with E-state index in [-0.39, 0.29) is 12.5 Å². The first-order valence-electron chi connectivity index (χ1n) is 11.3. The molecule has 0 fully saturated rings. The summed E-state index contributed by atoms with van der Waals surface area (Å²) >= 11 is 0. The molecule has 0 saturated carbocycles. The molecule has 0 spiro atoms. The Labute approximate surface area is 194 Å². The standard InChI is InChI=1S/C27H30N4O2/c1-6-20-7-13-23(14-8-20)31-27-26(19(5)30-31)18(4)15-25(29-27)33-16-24(32)28-22-11-9-21(10-12-22)17(2)3/h7-15,17H,6,16H2,1-5H3,(H,28,32). The molecule has 33 heavy (non-hydrogen) atoms. The Morgan fingerprint density at radius 1 is 1.06 bits per heavy atom. The zero-order chi connectivity index (χ0) is 23.5. The number of carbonyl (C=O) groups excluding carboxylic acids is 1. The van der Waals surface area contributed by atoms with Crippen molar-refractivity contribution in [2.45, 2.75) is 47.0 Å². The molecule has 0 atom stereocenters. The molecule has 170 valence electrons. The lowest BCUT2D eigenvalue weighted by Crippen LogP contribution is -2.20. The fourth-order valence-corrected chi connectivity index (χ4v) is 3.89. The Morgan fingerprint density at radius 3 is 2.39 bits per heavy atom. The highest BCUT2D eigenvalue weighted by atomic mass is 16.5. The van der Waals surface area contributed by atoms with Crippen molar-refractivity contribution in [1.29, 1.82) is 0 Å². The zero-order valence-corrected chi connectivity index (χ0v) is 19.8. The Hall–Kier alpha value is -3.67. The maximum atomic E-state index is 12.4. The van der Waals surface area contributed by atoms with Crippen LogP contribution >= 0.6 is 0 Å². The predicted molar refractivity (Wildman–Crippen MR) is 132 cm³/mol. The van der Waals surface area contributed by atoms with Crippen LogP contribution in [0.2, 0.25) is 0 Å². The highest BCUT2D eigenvalue weighted by Crippen LogP contribution is 2.27. The van der Waals surface area contributed by atoms with Crippen LogP contribution in [0.3, 0.4) is 0 Å².